The van der Waals surface area contributed by atoms with Crippen molar-refractivity contribution in [2.75, 3.05) is 7.05 Å². The van der Waals surface area contributed by atoms with Crippen molar-refractivity contribution in [3.05, 3.63) is 29.2 Å². The Morgan fingerprint density at radius 1 is 1.56 bits per heavy atom. The van der Waals surface area contributed by atoms with E-state index in [1.807, 2.05) is 5.38 Å². The maximum Gasteiger partial charge on any atom is 0.222 e. The molecule has 2 aromatic rings. The third-order valence-electron chi connectivity index (χ3n) is 2.53. The summed E-state index contributed by atoms with van der Waals surface area (Å²) in [5.74, 6) is 0.130. The van der Waals surface area contributed by atoms with Gasteiger partial charge in [0.2, 0.25) is 5.91 Å². The molecule has 2 aromatic heterocycles. The van der Waals surface area contributed by atoms with Gasteiger partial charge in [-0.05, 0) is 6.42 Å². The van der Waals surface area contributed by atoms with E-state index < -0.39 is 0 Å². The van der Waals surface area contributed by atoms with Gasteiger partial charge in [0, 0.05) is 31.6 Å². The summed E-state index contributed by atoms with van der Waals surface area (Å²) in [6.45, 7) is 1.30. The Morgan fingerprint density at radius 2 is 2.44 bits per heavy atom. The topological polar surface area (TPSA) is 63.9 Å². The van der Waals surface area contributed by atoms with Gasteiger partial charge in [-0.15, -0.1) is 11.3 Å². The van der Waals surface area contributed by atoms with Gasteiger partial charge in [-0.1, -0.05) is 0 Å². The van der Waals surface area contributed by atoms with Crippen LogP contribution < -0.4 is 0 Å². The third-order valence-corrected chi connectivity index (χ3v) is 3.29. The first-order chi connectivity index (χ1) is 8.75. The molecule has 0 aliphatic heterocycles. The van der Waals surface area contributed by atoms with Crippen LogP contribution in [0.3, 0.4) is 0 Å². The second-order valence-electron chi connectivity index (χ2n) is 3.94. The number of aryl methyl sites for hydroxylation is 1. The van der Waals surface area contributed by atoms with Gasteiger partial charge in [0.05, 0.1) is 6.54 Å². The molecule has 0 bridgehead atoms. The Hall–Kier alpha value is -1.76. The molecule has 0 N–H and O–H groups in total. The van der Waals surface area contributed by atoms with Crippen molar-refractivity contribution in [3.8, 4) is 0 Å². The number of amides is 1. The number of carbonyl (C=O) groups is 1. The summed E-state index contributed by atoms with van der Waals surface area (Å²) in [6, 6.07) is 0. The molecule has 7 heteroatoms. The second-order valence-corrected chi connectivity index (χ2v) is 4.92. The lowest BCUT2D eigenvalue weighted by atomic mass is 10.3. The van der Waals surface area contributed by atoms with E-state index in [0.29, 0.717) is 13.0 Å². The van der Waals surface area contributed by atoms with Crippen molar-refractivity contribution in [2.24, 2.45) is 0 Å². The predicted octanol–water partition coefficient (Wildman–Crippen LogP) is 1.17. The first-order valence-corrected chi connectivity index (χ1v) is 6.58. The van der Waals surface area contributed by atoms with Crippen LogP contribution in [0.1, 0.15) is 17.8 Å². The molecule has 0 unspecified atom stereocenters. The molecule has 18 heavy (non-hydrogen) atoms. The van der Waals surface area contributed by atoms with Crippen LogP contribution in [0.4, 0.5) is 0 Å². The molecule has 0 saturated heterocycles. The lowest BCUT2D eigenvalue weighted by Gasteiger charge is -2.15. The molecule has 0 aromatic carbocycles. The molecule has 0 saturated carbocycles. The zero-order chi connectivity index (χ0) is 12.8. The Labute approximate surface area is 109 Å². The molecule has 0 fully saturated rings. The summed E-state index contributed by atoms with van der Waals surface area (Å²) in [7, 11) is 1.80. The maximum atomic E-state index is 11.9. The fraction of sp³-hybridized carbons (Fsp3) is 0.455. The number of carbonyl (C=O) groups excluding carboxylic acids is 1. The van der Waals surface area contributed by atoms with Gasteiger partial charge in [0.1, 0.15) is 17.7 Å². The molecular formula is C11H15N5OS. The molecule has 0 atom stereocenters. The van der Waals surface area contributed by atoms with Gasteiger partial charge < -0.3 is 4.90 Å². The first kappa shape index (κ1) is 12.7. The minimum atomic E-state index is 0.130. The Bertz CT molecular complexity index is 468. The zero-order valence-corrected chi connectivity index (χ0v) is 11.0. The highest BCUT2D eigenvalue weighted by atomic mass is 32.1. The van der Waals surface area contributed by atoms with Gasteiger partial charge in [0.25, 0.3) is 0 Å². The number of thiazole rings is 1. The molecule has 0 radical (unpaired) electrons. The van der Waals surface area contributed by atoms with E-state index >= 15 is 0 Å². The van der Waals surface area contributed by atoms with Crippen molar-refractivity contribution in [1.82, 2.24) is 24.6 Å². The number of hydrogen-bond acceptors (Lipinski definition) is 5. The normalized spacial score (nSPS) is 10.5. The van der Waals surface area contributed by atoms with E-state index in [1.54, 1.807) is 40.5 Å². The number of nitrogens with zero attached hydrogens (tertiary/aromatic N) is 5. The van der Waals surface area contributed by atoms with Crippen LogP contribution in [0.15, 0.2) is 24.2 Å². The molecule has 2 rings (SSSR count). The van der Waals surface area contributed by atoms with E-state index in [2.05, 4.69) is 15.1 Å². The Kier molecular flexibility index (Phi) is 4.40. The van der Waals surface area contributed by atoms with Crippen LogP contribution >= 0.6 is 11.3 Å². The standard InChI is InChI=1S/C11H15N5OS/c1-15(7-10-13-4-6-18-10)11(17)3-2-5-16-9-12-8-14-16/h4,6,8-9H,2-3,5,7H2,1H3. The van der Waals surface area contributed by atoms with Crippen molar-refractivity contribution in [1.29, 1.82) is 0 Å². The lowest BCUT2D eigenvalue weighted by molar-refractivity contribution is -0.130. The van der Waals surface area contributed by atoms with Crippen LogP contribution in [0.2, 0.25) is 0 Å². The molecule has 1 amide bonds. The van der Waals surface area contributed by atoms with E-state index in [1.165, 1.54) is 6.33 Å². The highest BCUT2D eigenvalue weighted by Crippen LogP contribution is 2.08. The predicted molar refractivity (Wildman–Crippen MR) is 67.8 cm³/mol. The number of rotatable bonds is 6. The molecule has 0 aliphatic rings. The summed E-state index contributed by atoms with van der Waals surface area (Å²) < 4.78 is 1.73. The average Bonchev–Trinajstić information content (AvgIpc) is 3.01. The van der Waals surface area contributed by atoms with E-state index in [0.717, 1.165) is 18.0 Å². The van der Waals surface area contributed by atoms with Crippen molar-refractivity contribution in [2.45, 2.75) is 25.9 Å². The highest BCUT2D eigenvalue weighted by Gasteiger charge is 2.10. The zero-order valence-electron chi connectivity index (χ0n) is 10.2. The minimum absolute atomic E-state index is 0.130. The molecular weight excluding hydrogens is 250 g/mol. The van der Waals surface area contributed by atoms with Crippen LogP contribution in [0.25, 0.3) is 0 Å². The van der Waals surface area contributed by atoms with Crippen molar-refractivity contribution >= 4 is 17.2 Å². The summed E-state index contributed by atoms with van der Waals surface area (Å²) in [4.78, 5) is 21.6. The van der Waals surface area contributed by atoms with Crippen molar-refractivity contribution < 1.29 is 4.79 Å². The van der Waals surface area contributed by atoms with Crippen molar-refractivity contribution in [3.63, 3.8) is 0 Å². The lowest BCUT2D eigenvalue weighted by Crippen LogP contribution is -2.26. The first-order valence-electron chi connectivity index (χ1n) is 5.70. The SMILES string of the molecule is CN(Cc1nccs1)C(=O)CCCn1cncn1. The molecule has 0 aliphatic carbocycles. The summed E-state index contributed by atoms with van der Waals surface area (Å²) >= 11 is 1.56. The van der Waals surface area contributed by atoms with E-state index in [-0.39, 0.29) is 5.91 Å². The third kappa shape index (κ3) is 3.63. The molecule has 6 nitrogen and oxygen atoms in total. The highest BCUT2D eigenvalue weighted by molar-refractivity contribution is 7.09. The fourth-order valence-corrected chi connectivity index (χ4v) is 2.22. The van der Waals surface area contributed by atoms with Gasteiger partial charge >= 0.3 is 0 Å². The average molecular weight is 265 g/mol. The minimum Gasteiger partial charge on any atom is -0.339 e. The fourth-order valence-electron chi connectivity index (χ4n) is 1.55. The van der Waals surface area contributed by atoms with Gasteiger partial charge in [0.15, 0.2) is 0 Å². The van der Waals surface area contributed by atoms with Crippen LogP contribution in [0, 0.1) is 0 Å². The second kappa shape index (κ2) is 6.25. The van der Waals surface area contributed by atoms with E-state index in [9.17, 15) is 4.79 Å². The summed E-state index contributed by atoms with van der Waals surface area (Å²) in [5.41, 5.74) is 0. The van der Waals surface area contributed by atoms with Crippen LogP contribution in [0.5, 0.6) is 0 Å². The Balaban J connectivity index is 1.70. The largest absolute Gasteiger partial charge is 0.339 e. The van der Waals surface area contributed by atoms with Gasteiger partial charge in [-0.3, -0.25) is 9.48 Å². The van der Waals surface area contributed by atoms with Gasteiger partial charge in [-0.2, -0.15) is 5.10 Å². The number of hydrogen-bond donors (Lipinski definition) is 0. The van der Waals surface area contributed by atoms with Crippen LogP contribution in [-0.2, 0) is 17.9 Å². The maximum absolute atomic E-state index is 11.9. The van der Waals surface area contributed by atoms with Gasteiger partial charge in [-0.25, -0.2) is 9.97 Å². The summed E-state index contributed by atoms with van der Waals surface area (Å²) in [5, 5.41) is 6.87. The molecule has 96 valence electrons. The Morgan fingerprint density at radius 3 is 3.11 bits per heavy atom. The molecule has 2 heterocycles. The van der Waals surface area contributed by atoms with E-state index in [4.69, 9.17) is 0 Å². The monoisotopic (exact) mass is 265 g/mol. The number of aromatic nitrogens is 4. The summed E-state index contributed by atoms with van der Waals surface area (Å²) in [6.07, 6.45) is 6.19. The molecule has 0 spiro atoms. The van der Waals surface area contributed by atoms with Crippen LogP contribution in [-0.4, -0.2) is 37.6 Å². The smallest absolute Gasteiger partial charge is 0.222 e. The quantitative estimate of drug-likeness (QED) is 0.786.